The van der Waals surface area contributed by atoms with E-state index >= 15 is 0 Å². The Kier molecular flexibility index (Phi) is 8.20. The molecule has 2 aromatic carbocycles. The largest absolute Gasteiger partial charge is 0.496 e. The van der Waals surface area contributed by atoms with Gasteiger partial charge in [-0.2, -0.15) is 0 Å². The first-order chi connectivity index (χ1) is 15.7. The number of carbonyl (C=O) groups is 2. The van der Waals surface area contributed by atoms with Gasteiger partial charge in [-0.15, -0.1) is 0 Å². The molecule has 8 nitrogen and oxygen atoms in total. The second-order valence-corrected chi connectivity index (χ2v) is 10.2. The lowest BCUT2D eigenvalue weighted by Gasteiger charge is -2.32. The number of benzene rings is 2. The molecule has 3 rings (SSSR count). The predicted octanol–water partition coefficient (Wildman–Crippen LogP) is 3.72. The molecule has 10 heteroatoms. The normalized spacial score (nSPS) is 14.5. The average Bonchev–Trinajstić information content (AvgIpc) is 2.79. The molecule has 0 spiro atoms. The predicted molar refractivity (Wildman–Crippen MR) is 126 cm³/mol. The van der Waals surface area contributed by atoms with Gasteiger partial charge in [-0.1, -0.05) is 43.0 Å². The van der Waals surface area contributed by atoms with E-state index in [0.717, 1.165) is 29.1 Å². The van der Waals surface area contributed by atoms with Crippen molar-refractivity contribution in [3.8, 4) is 5.75 Å². The number of nitrogens with two attached hydrogens (primary N) is 1. The number of primary amides is 1. The van der Waals surface area contributed by atoms with Crippen LogP contribution in [0.25, 0.3) is 0 Å². The number of sulfonamides is 1. The summed E-state index contributed by atoms with van der Waals surface area (Å²) in [7, 11) is -2.56. The molecule has 3 N–H and O–H groups in total. The Labute approximate surface area is 199 Å². The zero-order valence-electron chi connectivity index (χ0n) is 18.4. The molecular formula is C23H28ClN3O5S. The topological polar surface area (TPSA) is 119 Å². The molecule has 0 atom stereocenters. The zero-order chi connectivity index (χ0) is 24.0. The first-order valence-electron chi connectivity index (χ1n) is 10.8. The highest BCUT2D eigenvalue weighted by molar-refractivity contribution is 7.89. The van der Waals surface area contributed by atoms with Gasteiger partial charge in [0.05, 0.1) is 23.6 Å². The van der Waals surface area contributed by atoms with E-state index in [1.807, 2.05) is 0 Å². The molecule has 0 radical (unpaired) electrons. The summed E-state index contributed by atoms with van der Waals surface area (Å²) in [5.41, 5.74) is 6.61. The third-order valence-electron chi connectivity index (χ3n) is 5.71. The first-order valence-corrected chi connectivity index (χ1v) is 12.6. The highest BCUT2D eigenvalue weighted by Crippen LogP contribution is 2.28. The van der Waals surface area contributed by atoms with E-state index in [1.54, 1.807) is 24.3 Å². The molecule has 178 valence electrons. The van der Waals surface area contributed by atoms with Crippen molar-refractivity contribution in [3.05, 3.63) is 58.6 Å². The number of hydrogen-bond acceptors (Lipinski definition) is 5. The van der Waals surface area contributed by atoms with Crippen LogP contribution >= 0.6 is 11.6 Å². The molecule has 1 fully saturated rings. The van der Waals surface area contributed by atoms with E-state index in [9.17, 15) is 18.0 Å². The molecule has 0 unspecified atom stereocenters. The number of rotatable bonds is 8. The number of ether oxygens (including phenoxy) is 1. The van der Waals surface area contributed by atoms with E-state index in [4.69, 9.17) is 22.1 Å². The number of carbonyl (C=O) groups excluding carboxylic acids is 2. The third-order valence-corrected chi connectivity index (χ3v) is 7.81. The Hall–Kier alpha value is -2.78. The number of methoxy groups -OCH3 is 1. The van der Waals surface area contributed by atoms with Crippen LogP contribution in [-0.2, 0) is 16.4 Å². The van der Waals surface area contributed by atoms with Crippen LogP contribution in [0.1, 0.15) is 48.0 Å². The molecule has 1 aliphatic carbocycles. The molecule has 0 aromatic heterocycles. The maximum Gasteiger partial charge on any atom is 0.328 e. The van der Waals surface area contributed by atoms with Crippen molar-refractivity contribution < 1.29 is 22.7 Å². The van der Waals surface area contributed by atoms with Gasteiger partial charge >= 0.3 is 6.03 Å². The summed E-state index contributed by atoms with van der Waals surface area (Å²) < 4.78 is 32.2. The van der Waals surface area contributed by atoms with Crippen molar-refractivity contribution in [1.29, 1.82) is 0 Å². The van der Waals surface area contributed by atoms with E-state index in [2.05, 4.69) is 5.32 Å². The Bertz CT molecular complexity index is 1100. The molecular weight excluding hydrogens is 466 g/mol. The summed E-state index contributed by atoms with van der Waals surface area (Å²) in [5, 5.41) is 3.23. The van der Waals surface area contributed by atoms with Crippen molar-refractivity contribution in [1.82, 2.24) is 9.62 Å². The lowest BCUT2D eigenvalue weighted by molar-refractivity contribution is 0.0951. The van der Waals surface area contributed by atoms with E-state index < -0.39 is 22.1 Å². The fraction of sp³-hybridized carbons (Fsp3) is 0.391. The van der Waals surface area contributed by atoms with Crippen LogP contribution < -0.4 is 15.8 Å². The maximum atomic E-state index is 13.1. The standard InChI is InChI=1S/C23H28ClN3O5S/c1-32-21-12-9-17(24)15-20(21)22(28)26-14-13-16-7-10-19(11-8-16)33(30,31)27(23(25)29)18-5-3-2-4-6-18/h7-12,15,18H,2-6,13-14H2,1H3,(H2,25,29)(H,26,28). The van der Waals surface area contributed by atoms with Crippen molar-refractivity contribution in [2.45, 2.75) is 49.5 Å². The second-order valence-electron chi connectivity index (χ2n) is 7.93. The molecule has 0 heterocycles. The Morgan fingerprint density at radius 1 is 1.12 bits per heavy atom. The minimum atomic E-state index is -4.04. The van der Waals surface area contributed by atoms with Crippen molar-refractivity contribution in [2.24, 2.45) is 5.73 Å². The smallest absolute Gasteiger partial charge is 0.328 e. The Morgan fingerprint density at radius 2 is 1.79 bits per heavy atom. The summed E-state index contributed by atoms with van der Waals surface area (Å²) >= 11 is 5.97. The lowest BCUT2D eigenvalue weighted by Crippen LogP contribution is -2.48. The first kappa shape index (κ1) is 24.9. The number of halogens is 1. The van der Waals surface area contributed by atoms with E-state index in [0.29, 0.717) is 42.1 Å². The quantitative estimate of drug-likeness (QED) is 0.580. The van der Waals surface area contributed by atoms with Gasteiger partial charge in [-0.05, 0) is 55.2 Å². The average molecular weight is 494 g/mol. The monoisotopic (exact) mass is 493 g/mol. The summed E-state index contributed by atoms with van der Waals surface area (Å²) in [6, 6.07) is 9.70. The van der Waals surface area contributed by atoms with Crippen molar-refractivity contribution >= 4 is 33.6 Å². The van der Waals surface area contributed by atoms with Gasteiger partial charge in [-0.3, -0.25) is 4.79 Å². The van der Waals surface area contributed by atoms with Gasteiger partial charge in [0.1, 0.15) is 5.75 Å². The van der Waals surface area contributed by atoms with Crippen molar-refractivity contribution in [3.63, 3.8) is 0 Å². The zero-order valence-corrected chi connectivity index (χ0v) is 20.0. The number of hydrogen-bond donors (Lipinski definition) is 2. The van der Waals surface area contributed by atoms with Crippen LogP contribution in [0, 0.1) is 0 Å². The number of nitrogens with one attached hydrogen (secondary N) is 1. The summed E-state index contributed by atoms with van der Waals surface area (Å²) in [6.07, 6.45) is 4.50. The molecule has 3 amide bonds. The third kappa shape index (κ3) is 5.97. The van der Waals surface area contributed by atoms with Crippen LogP contribution in [0.15, 0.2) is 47.4 Å². The fourth-order valence-corrected chi connectivity index (χ4v) is 5.74. The second kappa shape index (κ2) is 10.9. The fourth-order valence-electron chi connectivity index (χ4n) is 4.03. The molecule has 2 aromatic rings. The summed E-state index contributed by atoms with van der Waals surface area (Å²) in [5.74, 6) is 0.0987. The van der Waals surface area contributed by atoms with Crippen LogP contribution in [-0.4, -0.2) is 44.4 Å². The molecule has 1 saturated carbocycles. The van der Waals surface area contributed by atoms with Gasteiger partial charge in [-0.25, -0.2) is 17.5 Å². The molecule has 0 bridgehead atoms. The Balaban J connectivity index is 1.64. The van der Waals surface area contributed by atoms with Gasteiger partial charge in [0.25, 0.3) is 15.9 Å². The van der Waals surface area contributed by atoms with Gasteiger partial charge < -0.3 is 15.8 Å². The van der Waals surface area contributed by atoms with Crippen LogP contribution in [0.5, 0.6) is 5.75 Å². The SMILES string of the molecule is COc1ccc(Cl)cc1C(=O)NCCc1ccc(S(=O)(=O)N(C(N)=O)C2CCCCC2)cc1. The summed E-state index contributed by atoms with van der Waals surface area (Å²) in [6.45, 7) is 0.329. The van der Waals surface area contributed by atoms with Gasteiger partial charge in [0.15, 0.2) is 0 Å². The van der Waals surface area contributed by atoms with E-state index in [-0.39, 0.29) is 10.8 Å². The van der Waals surface area contributed by atoms with Crippen LogP contribution in [0.3, 0.4) is 0 Å². The molecule has 0 saturated heterocycles. The number of nitrogens with zero attached hydrogens (tertiary/aromatic N) is 1. The van der Waals surface area contributed by atoms with Gasteiger partial charge in [0, 0.05) is 11.6 Å². The molecule has 0 aliphatic heterocycles. The highest BCUT2D eigenvalue weighted by Gasteiger charge is 2.35. The number of amides is 3. The van der Waals surface area contributed by atoms with Crippen LogP contribution in [0.4, 0.5) is 4.79 Å². The van der Waals surface area contributed by atoms with Crippen LogP contribution in [0.2, 0.25) is 5.02 Å². The number of urea groups is 1. The van der Waals surface area contributed by atoms with E-state index in [1.165, 1.54) is 25.3 Å². The minimum absolute atomic E-state index is 0.0170. The maximum absolute atomic E-state index is 13.1. The molecule has 1 aliphatic rings. The minimum Gasteiger partial charge on any atom is -0.496 e. The summed E-state index contributed by atoms with van der Waals surface area (Å²) in [4.78, 5) is 24.5. The van der Waals surface area contributed by atoms with Gasteiger partial charge in [0.2, 0.25) is 0 Å². The molecule has 33 heavy (non-hydrogen) atoms. The van der Waals surface area contributed by atoms with Crippen molar-refractivity contribution in [2.75, 3.05) is 13.7 Å². The Morgan fingerprint density at radius 3 is 2.39 bits per heavy atom. The highest BCUT2D eigenvalue weighted by atomic mass is 35.5. The lowest BCUT2D eigenvalue weighted by atomic mass is 9.96.